The van der Waals surface area contributed by atoms with Gasteiger partial charge in [-0.05, 0) is 31.2 Å². The van der Waals surface area contributed by atoms with Crippen LogP contribution >= 0.6 is 11.3 Å². The van der Waals surface area contributed by atoms with Crippen LogP contribution < -0.4 is 0 Å². The highest BCUT2D eigenvalue weighted by Gasteiger charge is 2.07. The van der Waals surface area contributed by atoms with Gasteiger partial charge in [0, 0.05) is 22.5 Å². The minimum atomic E-state index is -0.898. The fourth-order valence-electron chi connectivity index (χ4n) is 2.13. The van der Waals surface area contributed by atoms with E-state index in [0.29, 0.717) is 12.1 Å². The number of hydrogen-bond acceptors (Lipinski definition) is 3. The molecular weight excluding hydrogens is 260 g/mol. The second-order valence-corrected chi connectivity index (χ2v) is 5.44. The van der Waals surface area contributed by atoms with Crippen LogP contribution in [0.5, 0.6) is 0 Å². The predicted octanol–water partition coefficient (Wildman–Crippen LogP) is 3.15. The van der Waals surface area contributed by atoms with Crippen molar-refractivity contribution in [3.05, 3.63) is 52.1 Å². The molecule has 0 unspecified atom stereocenters. The molecule has 96 valence electrons. The van der Waals surface area contributed by atoms with Gasteiger partial charge < -0.3 is 9.67 Å². The number of benzene rings is 1. The van der Waals surface area contributed by atoms with Crippen LogP contribution in [0.1, 0.15) is 21.1 Å². The molecule has 5 heteroatoms. The van der Waals surface area contributed by atoms with Crippen molar-refractivity contribution in [1.29, 1.82) is 0 Å². The van der Waals surface area contributed by atoms with Gasteiger partial charge in [0.2, 0.25) is 0 Å². The van der Waals surface area contributed by atoms with Crippen LogP contribution in [-0.4, -0.2) is 20.6 Å². The molecule has 2 heterocycles. The number of carbonyl (C=O) groups is 1. The van der Waals surface area contributed by atoms with E-state index in [0.717, 1.165) is 21.6 Å². The van der Waals surface area contributed by atoms with Gasteiger partial charge in [-0.25, -0.2) is 9.78 Å². The molecule has 4 nitrogen and oxygen atoms in total. The first kappa shape index (κ1) is 11.9. The van der Waals surface area contributed by atoms with E-state index in [-0.39, 0.29) is 0 Å². The lowest BCUT2D eigenvalue weighted by molar-refractivity contribution is 0.0697. The summed E-state index contributed by atoms with van der Waals surface area (Å²) in [6.45, 7) is 2.70. The fourth-order valence-corrected chi connectivity index (χ4v) is 2.73. The maximum atomic E-state index is 10.9. The Morgan fingerprint density at radius 3 is 2.95 bits per heavy atom. The van der Waals surface area contributed by atoms with Crippen LogP contribution in [0.25, 0.3) is 10.9 Å². The summed E-state index contributed by atoms with van der Waals surface area (Å²) in [4.78, 5) is 15.4. The Morgan fingerprint density at radius 2 is 2.26 bits per heavy atom. The zero-order chi connectivity index (χ0) is 13.4. The number of aromatic nitrogens is 2. The van der Waals surface area contributed by atoms with Gasteiger partial charge in [0.05, 0.1) is 22.8 Å². The molecule has 19 heavy (non-hydrogen) atoms. The smallest absolute Gasteiger partial charge is 0.335 e. The zero-order valence-corrected chi connectivity index (χ0v) is 11.1. The van der Waals surface area contributed by atoms with E-state index < -0.39 is 5.97 Å². The van der Waals surface area contributed by atoms with Gasteiger partial charge in [0.1, 0.15) is 0 Å². The maximum absolute atomic E-state index is 10.9. The zero-order valence-electron chi connectivity index (χ0n) is 10.3. The Hall–Kier alpha value is -2.14. The largest absolute Gasteiger partial charge is 0.478 e. The number of aryl methyl sites for hydroxylation is 1. The van der Waals surface area contributed by atoms with Crippen molar-refractivity contribution >= 4 is 28.2 Å². The van der Waals surface area contributed by atoms with Crippen molar-refractivity contribution in [2.24, 2.45) is 0 Å². The minimum absolute atomic E-state index is 0.315. The van der Waals surface area contributed by atoms with E-state index >= 15 is 0 Å². The molecule has 2 aromatic heterocycles. The topological polar surface area (TPSA) is 55.1 Å². The van der Waals surface area contributed by atoms with Gasteiger partial charge >= 0.3 is 5.97 Å². The third kappa shape index (κ3) is 2.24. The van der Waals surface area contributed by atoms with Gasteiger partial charge in [-0.2, -0.15) is 0 Å². The molecule has 1 N–H and O–H groups in total. The van der Waals surface area contributed by atoms with Crippen molar-refractivity contribution in [2.45, 2.75) is 13.5 Å². The highest BCUT2D eigenvalue weighted by molar-refractivity contribution is 7.09. The summed E-state index contributed by atoms with van der Waals surface area (Å²) in [7, 11) is 0. The number of carboxylic acid groups (broad SMARTS) is 1. The number of aromatic carboxylic acids is 1. The van der Waals surface area contributed by atoms with Crippen LogP contribution in [0.3, 0.4) is 0 Å². The molecule has 0 spiro atoms. The van der Waals surface area contributed by atoms with Crippen molar-refractivity contribution in [3.8, 4) is 0 Å². The molecule has 1 aromatic carbocycles. The molecule has 0 saturated carbocycles. The van der Waals surface area contributed by atoms with Crippen LogP contribution in [0.2, 0.25) is 0 Å². The Balaban J connectivity index is 1.99. The molecule has 0 fully saturated rings. The standard InChI is InChI=1S/C14H12N2O2S/c1-9-15-12(8-19-9)7-16-5-4-10-6-11(14(17)18)2-3-13(10)16/h2-6,8H,7H2,1H3,(H,17,18). The minimum Gasteiger partial charge on any atom is -0.478 e. The lowest BCUT2D eigenvalue weighted by Crippen LogP contribution is -1.99. The van der Waals surface area contributed by atoms with Crippen LogP contribution in [0.15, 0.2) is 35.8 Å². The van der Waals surface area contributed by atoms with Crippen molar-refractivity contribution in [3.63, 3.8) is 0 Å². The average Bonchev–Trinajstić information content (AvgIpc) is 2.96. The van der Waals surface area contributed by atoms with Crippen molar-refractivity contribution in [2.75, 3.05) is 0 Å². The molecule has 0 bridgehead atoms. The molecule has 0 radical (unpaired) electrons. The van der Waals surface area contributed by atoms with Gasteiger partial charge in [0.15, 0.2) is 0 Å². The molecule has 3 aromatic rings. The van der Waals surface area contributed by atoms with Crippen LogP contribution in [0.4, 0.5) is 0 Å². The second kappa shape index (κ2) is 4.51. The number of rotatable bonds is 3. The molecule has 0 atom stereocenters. The second-order valence-electron chi connectivity index (χ2n) is 4.38. The lowest BCUT2D eigenvalue weighted by Gasteiger charge is -2.03. The maximum Gasteiger partial charge on any atom is 0.335 e. The molecular formula is C14H12N2O2S. The first-order valence-corrected chi connectivity index (χ1v) is 6.74. The van der Waals surface area contributed by atoms with E-state index in [9.17, 15) is 4.79 Å². The monoisotopic (exact) mass is 272 g/mol. The normalized spacial score (nSPS) is 11.0. The first-order chi connectivity index (χ1) is 9.13. The summed E-state index contributed by atoms with van der Waals surface area (Å²) in [6.07, 6.45) is 1.96. The quantitative estimate of drug-likeness (QED) is 0.796. The highest BCUT2D eigenvalue weighted by Crippen LogP contribution is 2.19. The Bertz CT molecular complexity index is 758. The van der Waals surface area contributed by atoms with E-state index in [1.807, 2.05) is 30.6 Å². The Labute approximate surface area is 113 Å². The number of carboxylic acids is 1. The van der Waals surface area contributed by atoms with Crippen molar-refractivity contribution in [1.82, 2.24) is 9.55 Å². The molecule has 3 rings (SSSR count). The molecule has 0 aliphatic heterocycles. The summed E-state index contributed by atoms with van der Waals surface area (Å²) in [5, 5.41) is 13.0. The third-order valence-electron chi connectivity index (χ3n) is 3.02. The van der Waals surface area contributed by atoms with Gasteiger partial charge in [-0.1, -0.05) is 0 Å². The van der Waals surface area contributed by atoms with Crippen LogP contribution in [-0.2, 0) is 6.54 Å². The SMILES string of the molecule is Cc1nc(Cn2ccc3cc(C(=O)O)ccc32)cs1. The fraction of sp³-hybridized carbons (Fsp3) is 0.143. The van der Waals surface area contributed by atoms with E-state index in [4.69, 9.17) is 5.11 Å². The van der Waals surface area contributed by atoms with Gasteiger partial charge in [-0.15, -0.1) is 11.3 Å². The Kier molecular flexibility index (Phi) is 2.83. The highest BCUT2D eigenvalue weighted by atomic mass is 32.1. The summed E-state index contributed by atoms with van der Waals surface area (Å²) in [5.74, 6) is -0.898. The Morgan fingerprint density at radius 1 is 1.42 bits per heavy atom. The average molecular weight is 272 g/mol. The van der Waals surface area contributed by atoms with Crippen LogP contribution in [0, 0.1) is 6.92 Å². The summed E-state index contributed by atoms with van der Waals surface area (Å²) < 4.78 is 2.08. The molecule has 0 aliphatic carbocycles. The number of hydrogen-bond donors (Lipinski definition) is 1. The van der Waals surface area contributed by atoms with Gasteiger partial charge in [0.25, 0.3) is 0 Å². The first-order valence-electron chi connectivity index (χ1n) is 5.87. The summed E-state index contributed by atoms with van der Waals surface area (Å²) in [5.41, 5.74) is 2.37. The molecule has 0 saturated heterocycles. The van der Waals surface area contributed by atoms with E-state index in [1.165, 1.54) is 0 Å². The summed E-state index contributed by atoms with van der Waals surface area (Å²) in [6, 6.07) is 7.10. The summed E-state index contributed by atoms with van der Waals surface area (Å²) >= 11 is 1.64. The number of nitrogens with zero attached hydrogens (tertiary/aromatic N) is 2. The third-order valence-corrected chi connectivity index (χ3v) is 3.84. The molecule has 0 amide bonds. The lowest BCUT2D eigenvalue weighted by atomic mass is 10.1. The predicted molar refractivity (Wildman–Crippen MR) is 74.9 cm³/mol. The van der Waals surface area contributed by atoms with Crippen molar-refractivity contribution < 1.29 is 9.90 Å². The number of thiazole rings is 1. The molecule has 0 aliphatic rings. The van der Waals surface area contributed by atoms with E-state index in [1.54, 1.807) is 23.5 Å². The number of fused-ring (bicyclic) bond motifs is 1. The van der Waals surface area contributed by atoms with E-state index in [2.05, 4.69) is 9.55 Å². The van der Waals surface area contributed by atoms with Gasteiger partial charge in [-0.3, -0.25) is 0 Å².